The number of fused-ring (bicyclic) bond motifs is 1. The molecule has 3 heterocycles. The highest BCUT2D eigenvalue weighted by molar-refractivity contribution is 5.95. The van der Waals surface area contributed by atoms with Crippen LogP contribution < -0.4 is 5.32 Å². The summed E-state index contributed by atoms with van der Waals surface area (Å²) in [5, 5.41) is 2.82. The number of amides is 2. The SMILES string of the molecule is O=C(CN1CCN2C(=O)NCC2C1)c1ccco1. The van der Waals surface area contributed by atoms with Crippen molar-refractivity contribution in [1.29, 1.82) is 0 Å². The van der Waals surface area contributed by atoms with Crippen LogP contribution in [0.1, 0.15) is 10.6 Å². The molecule has 3 rings (SSSR count). The van der Waals surface area contributed by atoms with Crippen molar-refractivity contribution >= 4 is 11.8 Å². The molecule has 0 saturated carbocycles. The molecule has 1 atom stereocenters. The maximum Gasteiger partial charge on any atom is 0.317 e. The maximum atomic E-state index is 11.9. The molecule has 6 nitrogen and oxygen atoms in total. The number of nitrogens with zero attached hydrogens (tertiary/aromatic N) is 2. The van der Waals surface area contributed by atoms with Gasteiger partial charge >= 0.3 is 6.03 Å². The zero-order valence-corrected chi connectivity index (χ0v) is 9.96. The highest BCUT2D eigenvalue weighted by Crippen LogP contribution is 2.14. The minimum Gasteiger partial charge on any atom is -0.461 e. The molecule has 2 saturated heterocycles. The Morgan fingerprint density at radius 1 is 1.50 bits per heavy atom. The number of hydrogen-bond donors (Lipinski definition) is 1. The van der Waals surface area contributed by atoms with Crippen LogP contribution in [0.5, 0.6) is 0 Å². The van der Waals surface area contributed by atoms with Crippen LogP contribution in [0, 0.1) is 0 Å². The first-order valence-corrected chi connectivity index (χ1v) is 6.07. The van der Waals surface area contributed by atoms with Gasteiger partial charge in [0, 0.05) is 26.2 Å². The lowest BCUT2D eigenvalue weighted by Crippen LogP contribution is -2.53. The molecule has 96 valence electrons. The van der Waals surface area contributed by atoms with Gasteiger partial charge in [0.2, 0.25) is 5.78 Å². The van der Waals surface area contributed by atoms with Crippen molar-refractivity contribution in [2.24, 2.45) is 0 Å². The van der Waals surface area contributed by atoms with Crippen molar-refractivity contribution in [1.82, 2.24) is 15.1 Å². The molecule has 2 fully saturated rings. The highest BCUT2D eigenvalue weighted by Gasteiger charge is 2.35. The summed E-state index contributed by atoms with van der Waals surface area (Å²) in [6.45, 7) is 3.18. The van der Waals surface area contributed by atoms with E-state index in [2.05, 4.69) is 10.2 Å². The normalized spacial score (nSPS) is 23.9. The van der Waals surface area contributed by atoms with Crippen LogP contribution >= 0.6 is 0 Å². The molecule has 1 unspecified atom stereocenters. The van der Waals surface area contributed by atoms with E-state index in [0.717, 1.165) is 13.1 Å². The summed E-state index contributed by atoms with van der Waals surface area (Å²) < 4.78 is 5.09. The second-order valence-electron chi connectivity index (χ2n) is 4.67. The number of carbonyl (C=O) groups is 2. The zero-order valence-electron chi connectivity index (χ0n) is 9.96. The van der Waals surface area contributed by atoms with Crippen molar-refractivity contribution in [2.75, 3.05) is 32.7 Å². The summed E-state index contributed by atoms with van der Waals surface area (Å²) in [7, 11) is 0. The van der Waals surface area contributed by atoms with Crippen LogP contribution in [0.2, 0.25) is 0 Å². The number of rotatable bonds is 3. The number of furan rings is 1. The van der Waals surface area contributed by atoms with E-state index in [1.54, 1.807) is 12.1 Å². The summed E-state index contributed by atoms with van der Waals surface area (Å²) in [4.78, 5) is 27.3. The molecule has 0 aromatic carbocycles. The van der Waals surface area contributed by atoms with E-state index >= 15 is 0 Å². The van der Waals surface area contributed by atoms with Crippen LogP contribution in [0.15, 0.2) is 22.8 Å². The van der Waals surface area contributed by atoms with Gasteiger partial charge in [-0.3, -0.25) is 9.69 Å². The summed E-state index contributed by atoms with van der Waals surface area (Å²) in [6, 6.07) is 3.59. The minimum atomic E-state index is -0.00858. The van der Waals surface area contributed by atoms with E-state index in [1.165, 1.54) is 6.26 Å². The lowest BCUT2D eigenvalue weighted by atomic mass is 10.2. The smallest absolute Gasteiger partial charge is 0.317 e. The van der Waals surface area contributed by atoms with E-state index in [9.17, 15) is 9.59 Å². The fourth-order valence-corrected chi connectivity index (χ4v) is 2.53. The Balaban J connectivity index is 1.59. The Kier molecular flexibility index (Phi) is 2.79. The Morgan fingerprint density at radius 3 is 3.17 bits per heavy atom. The third-order valence-corrected chi connectivity index (χ3v) is 3.48. The number of urea groups is 1. The largest absolute Gasteiger partial charge is 0.461 e. The second kappa shape index (κ2) is 4.45. The summed E-state index contributed by atoms with van der Waals surface area (Å²) >= 11 is 0. The average molecular weight is 249 g/mol. The van der Waals surface area contributed by atoms with Gasteiger partial charge in [-0.15, -0.1) is 0 Å². The van der Waals surface area contributed by atoms with Gasteiger partial charge in [0.05, 0.1) is 18.8 Å². The van der Waals surface area contributed by atoms with Gasteiger partial charge in [-0.05, 0) is 12.1 Å². The first-order valence-electron chi connectivity index (χ1n) is 6.07. The number of hydrogen-bond acceptors (Lipinski definition) is 4. The molecule has 6 heteroatoms. The van der Waals surface area contributed by atoms with E-state index in [0.29, 0.717) is 25.4 Å². The quantitative estimate of drug-likeness (QED) is 0.776. The van der Waals surface area contributed by atoms with Crippen LogP contribution in [-0.2, 0) is 0 Å². The summed E-state index contributed by atoms with van der Waals surface area (Å²) in [6.07, 6.45) is 1.50. The number of Topliss-reactive ketones (excluding diaryl/α,β-unsaturated/α-hetero) is 1. The molecular weight excluding hydrogens is 234 g/mol. The van der Waals surface area contributed by atoms with Crippen molar-refractivity contribution in [3.8, 4) is 0 Å². The standard InChI is InChI=1S/C12H15N3O3/c16-10(11-2-1-5-18-11)8-14-3-4-15-9(7-14)6-13-12(15)17/h1-2,5,9H,3-4,6-8H2,(H,13,17). The molecule has 1 aromatic heterocycles. The molecular formula is C12H15N3O3. The zero-order chi connectivity index (χ0) is 12.5. The topological polar surface area (TPSA) is 65.8 Å². The van der Waals surface area contributed by atoms with Crippen LogP contribution in [-0.4, -0.2) is 60.4 Å². The lowest BCUT2D eigenvalue weighted by Gasteiger charge is -2.35. The molecule has 18 heavy (non-hydrogen) atoms. The molecule has 0 aliphatic carbocycles. The van der Waals surface area contributed by atoms with Gasteiger partial charge in [0.25, 0.3) is 0 Å². The first-order chi connectivity index (χ1) is 8.74. The van der Waals surface area contributed by atoms with Gasteiger partial charge in [-0.1, -0.05) is 0 Å². The minimum absolute atomic E-state index is 0.00858. The molecule has 1 N–H and O–H groups in total. The van der Waals surface area contributed by atoms with Crippen LogP contribution in [0.3, 0.4) is 0 Å². The Bertz CT molecular complexity index is 457. The van der Waals surface area contributed by atoms with Crippen LogP contribution in [0.25, 0.3) is 0 Å². The van der Waals surface area contributed by atoms with Gasteiger partial charge in [0.1, 0.15) is 0 Å². The number of carbonyl (C=O) groups excluding carboxylic acids is 2. The average Bonchev–Trinajstić information content (AvgIpc) is 2.99. The predicted octanol–water partition coefficient (Wildman–Crippen LogP) is 0.172. The molecule has 0 radical (unpaired) electrons. The van der Waals surface area contributed by atoms with Gasteiger partial charge in [-0.25, -0.2) is 4.79 Å². The van der Waals surface area contributed by atoms with Crippen molar-refractivity contribution in [2.45, 2.75) is 6.04 Å². The van der Waals surface area contributed by atoms with Gasteiger partial charge in [0.15, 0.2) is 5.76 Å². The number of ketones is 1. The van der Waals surface area contributed by atoms with E-state index in [1.807, 2.05) is 4.90 Å². The Morgan fingerprint density at radius 2 is 2.39 bits per heavy atom. The number of piperazine rings is 1. The fourth-order valence-electron chi connectivity index (χ4n) is 2.53. The van der Waals surface area contributed by atoms with E-state index < -0.39 is 0 Å². The molecule has 2 amide bonds. The molecule has 2 aliphatic rings. The van der Waals surface area contributed by atoms with Crippen molar-refractivity contribution < 1.29 is 14.0 Å². The third kappa shape index (κ3) is 1.99. The molecule has 0 spiro atoms. The molecule has 2 aliphatic heterocycles. The Labute approximate surface area is 105 Å². The second-order valence-corrected chi connectivity index (χ2v) is 4.67. The third-order valence-electron chi connectivity index (χ3n) is 3.48. The fraction of sp³-hybridized carbons (Fsp3) is 0.500. The van der Waals surface area contributed by atoms with Gasteiger partial charge < -0.3 is 14.6 Å². The van der Waals surface area contributed by atoms with E-state index in [4.69, 9.17) is 4.42 Å². The first kappa shape index (κ1) is 11.3. The summed E-state index contributed by atoms with van der Waals surface area (Å²) in [5.74, 6) is 0.392. The van der Waals surface area contributed by atoms with Crippen molar-refractivity contribution in [3.63, 3.8) is 0 Å². The highest BCUT2D eigenvalue weighted by atomic mass is 16.3. The van der Waals surface area contributed by atoms with Crippen LogP contribution in [0.4, 0.5) is 4.79 Å². The van der Waals surface area contributed by atoms with Crippen molar-refractivity contribution in [3.05, 3.63) is 24.2 Å². The van der Waals surface area contributed by atoms with Gasteiger partial charge in [-0.2, -0.15) is 0 Å². The number of nitrogens with one attached hydrogen (secondary N) is 1. The Hall–Kier alpha value is -1.82. The lowest BCUT2D eigenvalue weighted by molar-refractivity contribution is 0.0813. The monoisotopic (exact) mass is 249 g/mol. The summed E-state index contributed by atoms with van der Waals surface area (Å²) in [5.41, 5.74) is 0. The van der Waals surface area contributed by atoms with E-state index in [-0.39, 0.29) is 17.9 Å². The molecule has 0 bridgehead atoms. The maximum absolute atomic E-state index is 11.9. The predicted molar refractivity (Wildman–Crippen MR) is 63.4 cm³/mol. The molecule has 1 aromatic rings.